The lowest BCUT2D eigenvalue weighted by atomic mass is 10.0. The monoisotopic (exact) mass is 337 g/mol. The smallest absolute Gasteiger partial charge is 0.368 e. The van der Waals surface area contributed by atoms with Gasteiger partial charge in [-0.3, -0.25) is 14.6 Å². The van der Waals surface area contributed by atoms with E-state index in [1.807, 2.05) is 0 Å². The summed E-state index contributed by atoms with van der Waals surface area (Å²) >= 11 is 0. The van der Waals surface area contributed by atoms with E-state index >= 15 is 0 Å². The van der Waals surface area contributed by atoms with Crippen LogP contribution >= 0.6 is 0 Å². The Hall–Kier alpha value is -2.90. The maximum atomic E-state index is 12.5. The first kappa shape index (κ1) is 17.5. The van der Waals surface area contributed by atoms with Gasteiger partial charge < -0.3 is 11.1 Å². The van der Waals surface area contributed by atoms with Crippen LogP contribution in [0.1, 0.15) is 21.5 Å². The number of carbonyl (C=O) groups is 2. The summed E-state index contributed by atoms with van der Waals surface area (Å²) in [5.74, 6) is -1.30. The number of nitrogens with zero attached hydrogens (tertiary/aromatic N) is 1. The molecule has 0 aliphatic heterocycles. The van der Waals surface area contributed by atoms with Gasteiger partial charge in [-0.25, -0.2) is 0 Å². The van der Waals surface area contributed by atoms with Crippen molar-refractivity contribution in [3.05, 3.63) is 65.5 Å². The number of aromatic nitrogens is 1. The number of alkyl halides is 3. The number of carbonyl (C=O) groups excluding carboxylic acids is 2. The average molecular weight is 337 g/mol. The fraction of sp³-hybridized carbons (Fsp3) is 0.188. The molecule has 0 fully saturated rings. The Morgan fingerprint density at radius 3 is 2.17 bits per heavy atom. The van der Waals surface area contributed by atoms with Crippen molar-refractivity contribution in [3.8, 4) is 0 Å². The van der Waals surface area contributed by atoms with E-state index in [1.165, 1.54) is 36.7 Å². The summed E-state index contributed by atoms with van der Waals surface area (Å²) in [6.07, 6.45) is -1.60. The summed E-state index contributed by atoms with van der Waals surface area (Å²) < 4.78 is 37.6. The Balaban J connectivity index is 2.09. The Labute approximate surface area is 135 Å². The first-order chi connectivity index (χ1) is 11.3. The molecule has 126 valence electrons. The van der Waals surface area contributed by atoms with Gasteiger partial charge in [-0.2, -0.15) is 13.2 Å². The summed E-state index contributed by atoms with van der Waals surface area (Å²) in [5, 5.41) is 2.46. The number of pyridine rings is 1. The SMILES string of the molecule is NC(=O)[C@@H](Cc1ccc(C(F)(F)F)cc1)NC(=O)c1ccncc1. The van der Waals surface area contributed by atoms with Crippen molar-refractivity contribution in [1.82, 2.24) is 10.3 Å². The topological polar surface area (TPSA) is 85.1 Å². The molecule has 0 spiro atoms. The number of halogens is 3. The minimum absolute atomic E-state index is 0.00963. The molecule has 2 rings (SSSR count). The Morgan fingerprint density at radius 1 is 1.08 bits per heavy atom. The van der Waals surface area contributed by atoms with Gasteiger partial charge in [0.05, 0.1) is 5.56 Å². The van der Waals surface area contributed by atoms with Gasteiger partial charge in [0.2, 0.25) is 5.91 Å². The molecule has 0 saturated carbocycles. The van der Waals surface area contributed by atoms with Crippen molar-refractivity contribution < 1.29 is 22.8 Å². The largest absolute Gasteiger partial charge is 0.416 e. The number of benzene rings is 1. The maximum absolute atomic E-state index is 12.5. The molecule has 5 nitrogen and oxygen atoms in total. The zero-order chi connectivity index (χ0) is 17.7. The van der Waals surface area contributed by atoms with Crippen molar-refractivity contribution in [2.45, 2.75) is 18.6 Å². The number of amides is 2. The van der Waals surface area contributed by atoms with Crippen LogP contribution in [0, 0.1) is 0 Å². The normalized spacial score (nSPS) is 12.5. The number of hydrogen-bond donors (Lipinski definition) is 2. The van der Waals surface area contributed by atoms with Crippen LogP contribution in [-0.2, 0) is 17.4 Å². The third-order valence-electron chi connectivity index (χ3n) is 3.31. The van der Waals surface area contributed by atoms with Gasteiger partial charge in [-0.1, -0.05) is 12.1 Å². The van der Waals surface area contributed by atoms with Gasteiger partial charge in [0.1, 0.15) is 6.04 Å². The summed E-state index contributed by atoms with van der Waals surface area (Å²) in [6.45, 7) is 0. The van der Waals surface area contributed by atoms with E-state index in [4.69, 9.17) is 5.73 Å². The van der Waals surface area contributed by atoms with E-state index in [0.717, 1.165) is 12.1 Å². The van der Waals surface area contributed by atoms with E-state index < -0.39 is 29.6 Å². The first-order valence-corrected chi connectivity index (χ1v) is 6.93. The molecule has 3 N–H and O–H groups in total. The second-order valence-electron chi connectivity index (χ2n) is 5.06. The van der Waals surface area contributed by atoms with Crippen molar-refractivity contribution >= 4 is 11.8 Å². The van der Waals surface area contributed by atoms with Crippen LogP contribution in [0.2, 0.25) is 0 Å². The zero-order valence-corrected chi connectivity index (χ0v) is 12.4. The number of hydrogen-bond acceptors (Lipinski definition) is 3. The fourth-order valence-electron chi connectivity index (χ4n) is 2.03. The molecule has 8 heteroatoms. The molecule has 1 aromatic carbocycles. The Kier molecular flexibility index (Phi) is 5.18. The molecule has 0 unspecified atom stereocenters. The van der Waals surface area contributed by atoms with E-state index in [9.17, 15) is 22.8 Å². The lowest BCUT2D eigenvalue weighted by Gasteiger charge is -2.16. The molecular weight excluding hydrogens is 323 g/mol. The van der Waals surface area contributed by atoms with Crippen LogP contribution < -0.4 is 11.1 Å². The third kappa shape index (κ3) is 4.55. The predicted octanol–water partition coefficient (Wildman–Crippen LogP) is 1.93. The average Bonchev–Trinajstić information content (AvgIpc) is 2.54. The van der Waals surface area contributed by atoms with Crippen LogP contribution in [0.15, 0.2) is 48.8 Å². The quantitative estimate of drug-likeness (QED) is 0.874. The van der Waals surface area contributed by atoms with Gasteiger partial charge >= 0.3 is 6.18 Å². The summed E-state index contributed by atoms with van der Waals surface area (Å²) in [7, 11) is 0. The molecule has 0 aliphatic rings. The summed E-state index contributed by atoms with van der Waals surface area (Å²) in [5.41, 5.74) is 5.22. The molecular formula is C16H14F3N3O2. The van der Waals surface area contributed by atoms with Crippen molar-refractivity contribution in [3.63, 3.8) is 0 Å². The molecule has 2 amide bonds. The Morgan fingerprint density at radius 2 is 1.67 bits per heavy atom. The molecule has 0 aliphatic carbocycles. The lowest BCUT2D eigenvalue weighted by molar-refractivity contribution is -0.137. The highest BCUT2D eigenvalue weighted by atomic mass is 19.4. The predicted molar refractivity (Wildman–Crippen MR) is 79.8 cm³/mol. The molecule has 1 aromatic heterocycles. The molecule has 0 saturated heterocycles. The van der Waals surface area contributed by atoms with Gasteiger partial charge in [0.25, 0.3) is 5.91 Å². The van der Waals surface area contributed by atoms with Gasteiger partial charge in [-0.05, 0) is 29.8 Å². The third-order valence-corrected chi connectivity index (χ3v) is 3.31. The molecule has 0 radical (unpaired) electrons. The fourth-order valence-corrected chi connectivity index (χ4v) is 2.03. The number of nitrogens with one attached hydrogen (secondary N) is 1. The highest BCUT2D eigenvalue weighted by Crippen LogP contribution is 2.29. The summed E-state index contributed by atoms with van der Waals surface area (Å²) in [6, 6.07) is 6.21. The number of primary amides is 1. The van der Waals surface area contributed by atoms with Crippen molar-refractivity contribution in [1.29, 1.82) is 0 Å². The van der Waals surface area contributed by atoms with Gasteiger partial charge in [0, 0.05) is 24.4 Å². The molecule has 1 heterocycles. The lowest BCUT2D eigenvalue weighted by Crippen LogP contribution is -2.45. The highest BCUT2D eigenvalue weighted by molar-refractivity contribution is 5.97. The standard InChI is InChI=1S/C16H14F3N3O2/c17-16(18,19)12-3-1-10(2-4-12)9-13(14(20)23)22-15(24)11-5-7-21-8-6-11/h1-8,13H,9H2,(H2,20,23)(H,22,24)/t13-/m1/s1. The van der Waals surface area contributed by atoms with Crippen molar-refractivity contribution in [2.24, 2.45) is 5.73 Å². The minimum Gasteiger partial charge on any atom is -0.368 e. The molecule has 0 bridgehead atoms. The molecule has 1 atom stereocenters. The van der Waals surface area contributed by atoms with E-state index in [1.54, 1.807) is 0 Å². The minimum atomic E-state index is -4.43. The van der Waals surface area contributed by atoms with Crippen LogP contribution in [0.25, 0.3) is 0 Å². The second kappa shape index (κ2) is 7.12. The van der Waals surface area contributed by atoms with Gasteiger partial charge in [-0.15, -0.1) is 0 Å². The molecule has 24 heavy (non-hydrogen) atoms. The highest BCUT2D eigenvalue weighted by Gasteiger charge is 2.30. The van der Waals surface area contributed by atoms with Crippen molar-refractivity contribution in [2.75, 3.05) is 0 Å². The number of nitrogens with two attached hydrogens (primary N) is 1. The van der Waals surface area contributed by atoms with E-state index in [-0.39, 0.29) is 6.42 Å². The number of rotatable bonds is 5. The first-order valence-electron chi connectivity index (χ1n) is 6.93. The van der Waals surface area contributed by atoms with Crippen LogP contribution in [0.5, 0.6) is 0 Å². The molecule has 2 aromatic rings. The zero-order valence-electron chi connectivity index (χ0n) is 12.4. The summed E-state index contributed by atoms with van der Waals surface area (Å²) in [4.78, 5) is 27.3. The maximum Gasteiger partial charge on any atom is 0.416 e. The Bertz CT molecular complexity index is 716. The van der Waals surface area contributed by atoms with Crippen LogP contribution in [0.4, 0.5) is 13.2 Å². The van der Waals surface area contributed by atoms with Gasteiger partial charge in [0.15, 0.2) is 0 Å². The van der Waals surface area contributed by atoms with Crippen LogP contribution in [-0.4, -0.2) is 22.8 Å². The van der Waals surface area contributed by atoms with E-state index in [0.29, 0.717) is 11.1 Å². The van der Waals surface area contributed by atoms with Crippen LogP contribution in [0.3, 0.4) is 0 Å². The van der Waals surface area contributed by atoms with E-state index in [2.05, 4.69) is 10.3 Å². The second-order valence-corrected chi connectivity index (χ2v) is 5.06.